The van der Waals surface area contributed by atoms with Crippen LogP contribution >= 0.6 is 0 Å². The summed E-state index contributed by atoms with van der Waals surface area (Å²) in [6.07, 6.45) is 3.78. The highest BCUT2D eigenvalue weighted by molar-refractivity contribution is 6.03. The lowest BCUT2D eigenvalue weighted by molar-refractivity contribution is -0.132. The van der Waals surface area contributed by atoms with Gasteiger partial charge in [0.2, 0.25) is 5.91 Å². The fourth-order valence-corrected chi connectivity index (χ4v) is 4.94. The van der Waals surface area contributed by atoms with Gasteiger partial charge in [-0.25, -0.2) is 9.97 Å². The van der Waals surface area contributed by atoms with Gasteiger partial charge in [-0.1, -0.05) is 36.3 Å². The van der Waals surface area contributed by atoms with Crippen molar-refractivity contribution >= 4 is 22.8 Å². The number of hydrogen-bond acceptors (Lipinski definition) is 6. The summed E-state index contributed by atoms with van der Waals surface area (Å²) in [6, 6.07) is 17.6. The minimum absolute atomic E-state index is 0.221. The molecular weight excluding hydrogens is 488 g/mol. The van der Waals surface area contributed by atoms with E-state index in [9.17, 15) is 4.79 Å². The van der Waals surface area contributed by atoms with Crippen LogP contribution in [0.15, 0.2) is 60.9 Å². The Kier molecular flexibility index (Phi) is 7.80. The summed E-state index contributed by atoms with van der Waals surface area (Å²) in [6.45, 7) is 2.26. The lowest BCUT2D eigenvalue weighted by Crippen LogP contribution is -2.39. The quantitative estimate of drug-likeness (QED) is 0.374. The number of fused-ring (bicyclic) bond motifs is 1. The molecule has 1 saturated heterocycles. The number of amides is 1. The molecule has 0 bridgehead atoms. The Hall–Kier alpha value is -4.35. The van der Waals surface area contributed by atoms with Crippen LogP contribution in [0.3, 0.4) is 0 Å². The number of nitrogens with two attached hydrogens (primary N) is 1. The predicted octanol–water partition coefficient (Wildman–Crippen LogP) is 4.55. The Bertz CT molecular complexity index is 1510. The van der Waals surface area contributed by atoms with E-state index in [4.69, 9.17) is 10.5 Å². The van der Waals surface area contributed by atoms with Crippen LogP contribution in [0.5, 0.6) is 11.5 Å². The van der Waals surface area contributed by atoms with Crippen molar-refractivity contribution in [2.45, 2.75) is 19.3 Å². The highest BCUT2D eigenvalue weighted by atomic mass is 16.5. The third-order valence-electron chi connectivity index (χ3n) is 7.13. The van der Waals surface area contributed by atoms with Gasteiger partial charge in [-0.15, -0.1) is 0 Å². The zero-order valence-corrected chi connectivity index (χ0v) is 22.7. The van der Waals surface area contributed by atoms with E-state index < -0.39 is 0 Å². The number of nitrogens with zero attached hydrogens (tertiary/aromatic N) is 5. The Morgan fingerprint density at radius 2 is 1.74 bits per heavy atom. The maximum atomic E-state index is 12.5. The minimum Gasteiger partial charge on any atom is -0.457 e. The number of aromatic nitrogens is 3. The first kappa shape index (κ1) is 26.3. The number of likely N-dealkylation sites (tertiary alicyclic amines) is 1. The van der Waals surface area contributed by atoms with Gasteiger partial charge in [0.25, 0.3) is 0 Å². The Balaban J connectivity index is 1.40. The number of rotatable bonds is 6. The summed E-state index contributed by atoms with van der Waals surface area (Å²) in [5, 5.41) is 0.794. The van der Waals surface area contributed by atoms with E-state index >= 15 is 0 Å². The summed E-state index contributed by atoms with van der Waals surface area (Å²) < 4.78 is 7.97. The topological polar surface area (TPSA) is 89.5 Å². The molecule has 2 aromatic heterocycles. The number of nitrogen functional groups attached to an aromatic ring is 1. The number of para-hydroxylation sites is 1. The van der Waals surface area contributed by atoms with Crippen molar-refractivity contribution < 1.29 is 9.53 Å². The number of carbonyl (C=O) groups excluding carboxylic acids is 1. The molecule has 8 heteroatoms. The normalized spacial score (nSPS) is 13.9. The second-order valence-corrected chi connectivity index (χ2v) is 10.2. The smallest absolute Gasteiger partial charge is 0.223 e. The van der Waals surface area contributed by atoms with Crippen LogP contribution in [0.1, 0.15) is 25.0 Å². The zero-order chi connectivity index (χ0) is 27.4. The van der Waals surface area contributed by atoms with Gasteiger partial charge in [-0.3, -0.25) is 4.79 Å². The van der Waals surface area contributed by atoms with E-state index in [0.717, 1.165) is 71.8 Å². The molecule has 0 spiro atoms. The average Bonchev–Trinajstić information content (AvgIpc) is 3.24. The summed E-state index contributed by atoms with van der Waals surface area (Å²) in [5.74, 6) is 9.34. The van der Waals surface area contributed by atoms with Crippen molar-refractivity contribution in [1.82, 2.24) is 24.3 Å². The summed E-state index contributed by atoms with van der Waals surface area (Å²) in [7, 11) is 5.94. The molecule has 0 atom stereocenters. The number of benzene rings is 2. The fourth-order valence-electron chi connectivity index (χ4n) is 4.94. The largest absolute Gasteiger partial charge is 0.457 e. The first-order chi connectivity index (χ1) is 18.9. The van der Waals surface area contributed by atoms with E-state index in [-0.39, 0.29) is 11.8 Å². The van der Waals surface area contributed by atoms with Gasteiger partial charge < -0.3 is 24.8 Å². The van der Waals surface area contributed by atoms with E-state index in [1.165, 1.54) is 6.33 Å². The van der Waals surface area contributed by atoms with E-state index in [0.29, 0.717) is 12.2 Å². The van der Waals surface area contributed by atoms with Gasteiger partial charge in [0, 0.05) is 44.6 Å². The van der Waals surface area contributed by atoms with Crippen molar-refractivity contribution in [3.63, 3.8) is 0 Å². The SMILES string of the molecule is CN(C)CCC(=O)N1CCC(C#Cc2c(-c3ccc(Oc4ccccc4)cc3)c3c(N)ncnc3n2C)CC1. The molecule has 1 amide bonds. The van der Waals surface area contributed by atoms with Gasteiger partial charge in [0.15, 0.2) is 0 Å². The van der Waals surface area contributed by atoms with Gasteiger partial charge in [-0.2, -0.15) is 0 Å². The summed E-state index contributed by atoms with van der Waals surface area (Å²) in [5.41, 5.74) is 9.83. The number of aryl methyl sites for hydroxylation is 1. The number of piperidine rings is 1. The minimum atomic E-state index is 0.221. The second kappa shape index (κ2) is 11.6. The van der Waals surface area contributed by atoms with Crippen LogP contribution in [0, 0.1) is 17.8 Å². The van der Waals surface area contributed by atoms with Crippen molar-refractivity contribution in [1.29, 1.82) is 0 Å². The average molecular weight is 523 g/mol. The lowest BCUT2D eigenvalue weighted by atomic mass is 9.96. The molecule has 200 valence electrons. The molecular formula is C31H34N6O2. The molecule has 4 aromatic rings. The van der Waals surface area contributed by atoms with Gasteiger partial charge in [-0.05, 0) is 62.7 Å². The maximum Gasteiger partial charge on any atom is 0.223 e. The van der Waals surface area contributed by atoms with Crippen LogP contribution in [0.25, 0.3) is 22.2 Å². The number of hydrogen-bond donors (Lipinski definition) is 1. The van der Waals surface area contributed by atoms with Crippen molar-refractivity contribution in [2.75, 3.05) is 39.5 Å². The standard InChI is InChI=1S/C31H34N6O2/c1-35(2)18-17-27(38)37-19-15-22(16-20-37)9-14-26-28(29-30(32)33-21-34-31(29)36(26)3)23-10-12-25(13-11-23)39-24-7-5-4-6-8-24/h4-8,10-13,21-22H,15-20H2,1-3H3,(H2,32,33,34). The highest BCUT2D eigenvalue weighted by Gasteiger charge is 2.23. The Labute approximate surface area is 229 Å². The number of carbonyl (C=O) groups is 1. The molecule has 0 aliphatic carbocycles. The molecule has 0 saturated carbocycles. The first-order valence-electron chi connectivity index (χ1n) is 13.3. The van der Waals surface area contributed by atoms with Gasteiger partial charge in [0.1, 0.15) is 35.0 Å². The van der Waals surface area contributed by atoms with Crippen molar-refractivity contribution in [3.8, 4) is 34.5 Å². The predicted molar refractivity (Wildman–Crippen MR) is 154 cm³/mol. The summed E-state index contributed by atoms with van der Waals surface area (Å²) >= 11 is 0. The van der Waals surface area contributed by atoms with Crippen LogP contribution in [0.2, 0.25) is 0 Å². The van der Waals surface area contributed by atoms with Crippen LogP contribution in [-0.2, 0) is 11.8 Å². The Morgan fingerprint density at radius 1 is 1.05 bits per heavy atom. The van der Waals surface area contributed by atoms with Crippen LogP contribution < -0.4 is 10.5 Å². The maximum absolute atomic E-state index is 12.5. The highest BCUT2D eigenvalue weighted by Crippen LogP contribution is 2.37. The van der Waals surface area contributed by atoms with E-state index in [2.05, 4.69) is 21.8 Å². The number of anilines is 1. The fraction of sp³-hybridized carbons (Fsp3) is 0.323. The van der Waals surface area contributed by atoms with Crippen molar-refractivity contribution in [2.24, 2.45) is 13.0 Å². The first-order valence-corrected chi connectivity index (χ1v) is 13.3. The van der Waals surface area contributed by atoms with Crippen molar-refractivity contribution in [3.05, 3.63) is 66.6 Å². The molecule has 2 aromatic carbocycles. The lowest BCUT2D eigenvalue weighted by Gasteiger charge is -2.30. The zero-order valence-electron chi connectivity index (χ0n) is 22.7. The summed E-state index contributed by atoms with van der Waals surface area (Å²) in [4.78, 5) is 25.3. The molecule has 1 fully saturated rings. The molecule has 3 heterocycles. The monoisotopic (exact) mass is 522 g/mol. The van der Waals surface area contributed by atoms with Crippen LogP contribution in [0.4, 0.5) is 5.82 Å². The third-order valence-corrected chi connectivity index (χ3v) is 7.13. The Morgan fingerprint density at radius 3 is 2.44 bits per heavy atom. The van der Waals surface area contributed by atoms with E-state index in [1.807, 2.05) is 90.1 Å². The molecule has 39 heavy (non-hydrogen) atoms. The second-order valence-electron chi connectivity index (χ2n) is 10.2. The van der Waals surface area contributed by atoms with Gasteiger partial charge in [0.05, 0.1) is 5.39 Å². The van der Waals surface area contributed by atoms with Crippen LogP contribution in [-0.4, -0.2) is 64.0 Å². The van der Waals surface area contributed by atoms with E-state index in [1.54, 1.807) is 0 Å². The molecule has 0 unspecified atom stereocenters. The molecule has 5 rings (SSSR count). The number of ether oxygens (including phenoxy) is 1. The molecule has 8 nitrogen and oxygen atoms in total. The molecule has 1 aliphatic rings. The third kappa shape index (κ3) is 5.89. The molecule has 2 N–H and O–H groups in total. The van der Waals surface area contributed by atoms with Gasteiger partial charge >= 0.3 is 0 Å². The molecule has 1 aliphatic heterocycles. The molecule has 0 radical (unpaired) electrons.